The highest BCUT2D eigenvalue weighted by molar-refractivity contribution is 5.85. The van der Waals surface area contributed by atoms with E-state index in [0.29, 0.717) is 0 Å². The number of carboxylic acids is 1. The van der Waals surface area contributed by atoms with Gasteiger partial charge in [0.15, 0.2) is 0 Å². The molecule has 1 N–H and O–H groups in total. The monoisotopic (exact) mass is 290 g/mol. The second-order valence-corrected chi connectivity index (χ2v) is 5.29. The number of unbranched alkanes of at least 4 members (excludes halogenated alkanes) is 1. The lowest BCUT2D eigenvalue weighted by Crippen LogP contribution is -2.06. The van der Waals surface area contributed by atoms with E-state index in [0.717, 1.165) is 36.3 Å². The van der Waals surface area contributed by atoms with Crippen LogP contribution in [0.1, 0.15) is 51.5 Å². The first kappa shape index (κ1) is 17.3. The largest absolute Gasteiger partial charge is 0.494 e. The summed E-state index contributed by atoms with van der Waals surface area (Å²) in [5.74, 6) is 0.656. The molecule has 0 fully saturated rings. The second-order valence-electron chi connectivity index (χ2n) is 5.29. The van der Waals surface area contributed by atoms with Gasteiger partial charge in [-0.05, 0) is 36.1 Å². The molecule has 3 nitrogen and oxygen atoms in total. The molecule has 1 atom stereocenters. The van der Waals surface area contributed by atoms with Crippen molar-refractivity contribution in [3.63, 3.8) is 0 Å². The fourth-order valence-electron chi connectivity index (χ4n) is 2.23. The van der Waals surface area contributed by atoms with Gasteiger partial charge in [-0.25, -0.2) is 4.79 Å². The maximum Gasteiger partial charge on any atom is 0.328 e. The molecule has 1 rings (SSSR count). The Morgan fingerprint density at radius 3 is 2.52 bits per heavy atom. The van der Waals surface area contributed by atoms with Crippen LogP contribution in [0.4, 0.5) is 0 Å². The molecule has 1 aromatic carbocycles. The van der Waals surface area contributed by atoms with Gasteiger partial charge in [-0.2, -0.15) is 0 Å². The molecule has 0 amide bonds. The van der Waals surface area contributed by atoms with Gasteiger partial charge in [0.2, 0.25) is 0 Å². The van der Waals surface area contributed by atoms with Gasteiger partial charge in [0.1, 0.15) is 5.75 Å². The topological polar surface area (TPSA) is 46.5 Å². The fraction of sp³-hybridized carbons (Fsp3) is 0.500. The smallest absolute Gasteiger partial charge is 0.328 e. The minimum Gasteiger partial charge on any atom is -0.494 e. The number of aliphatic carboxylic acids is 1. The molecule has 0 aliphatic carbocycles. The van der Waals surface area contributed by atoms with Crippen molar-refractivity contribution in [1.29, 1.82) is 0 Å². The maximum atomic E-state index is 10.4. The molecule has 0 spiro atoms. The third-order valence-corrected chi connectivity index (χ3v) is 3.64. The van der Waals surface area contributed by atoms with E-state index < -0.39 is 5.97 Å². The zero-order chi connectivity index (χ0) is 15.5. The molecule has 1 unspecified atom stereocenters. The van der Waals surface area contributed by atoms with Crippen LogP contribution in [0, 0.1) is 5.92 Å². The van der Waals surface area contributed by atoms with Crippen molar-refractivity contribution in [2.45, 2.75) is 46.0 Å². The van der Waals surface area contributed by atoms with Crippen LogP contribution in [0.3, 0.4) is 0 Å². The standard InChI is InChI=1S/C18H26O3/c1-3-5-6-15(4-2)13-14-21-17-10-7-16(8-11-17)9-12-18(19)20/h7-12,15H,3-6,13-14H2,1-2H3,(H,19,20). The van der Waals surface area contributed by atoms with Gasteiger partial charge in [-0.15, -0.1) is 0 Å². The molecule has 0 aromatic heterocycles. The van der Waals surface area contributed by atoms with Gasteiger partial charge >= 0.3 is 5.97 Å². The summed E-state index contributed by atoms with van der Waals surface area (Å²) >= 11 is 0. The van der Waals surface area contributed by atoms with Crippen molar-refractivity contribution >= 4 is 12.0 Å². The molecule has 0 aliphatic heterocycles. The Morgan fingerprint density at radius 2 is 1.95 bits per heavy atom. The average molecular weight is 290 g/mol. The zero-order valence-electron chi connectivity index (χ0n) is 13.0. The van der Waals surface area contributed by atoms with Crippen LogP contribution >= 0.6 is 0 Å². The number of benzene rings is 1. The average Bonchev–Trinajstić information content (AvgIpc) is 2.49. The van der Waals surface area contributed by atoms with E-state index in [2.05, 4.69) is 13.8 Å². The van der Waals surface area contributed by atoms with E-state index in [1.54, 1.807) is 6.08 Å². The summed E-state index contributed by atoms with van der Waals surface area (Å²) in [7, 11) is 0. The van der Waals surface area contributed by atoms with Crippen LogP contribution < -0.4 is 4.74 Å². The summed E-state index contributed by atoms with van der Waals surface area (Å²) < 4.78 is 5.76. The normalized spacial score (nSPS) is 12.5. The van der Waals surface area contributed by atoms with Gasteiger partial charge in [0.05, 0.1) is 6.61 Å². The van der Waals surface area contributed by atoms with Crippen LogP contribution in [0.2, 0.25) is 0 Å². The minimum atomic E-state index is -0.937. The second kappa shape index (κ2) is 10.0. The van der Waals surface area contributed by atoms with Crippen molar-refractivity contribution < 1.29 is 14.6 Å². The first-order chi connectivity index (χ1) is 10.2. The summed E-state index contributed by atoms with van der Waals surface area (Å²) in [6.45, 7) is 5.21. The fourth-order valence-corrected chi connectivity index (χ4v) is 2.23. The number of hydrogen-bond donors (Lipinski definition) is 1. The molecular formula is C18H26O3. The predicted octanol–water partition coefficient (Wildman–Crippen LogP) is 4.77. The molecule has 0 saturated carbocycles. The molecule has 0 bridgehead atoms. The Kier molecular flexibility index (Phi) is 8.25. The van der Waals surface area contributed by atoms with Gasteiger partial charge < -0.3 is 9.84 Å². The number of rotatable bonds is 10. The Bertz CT molecular complexity index is 434. The Hall–Kier alpha value is -1.77. The Morgan fingerprint density at radius 1 is 1.24 bits per heavy atom. The van der Waals surface area contributed by atoms with Gasteiger partial charge in [-0.1, -0.05) is 51.7 Å². The molecule has 116 valence electrons. The zero-order valence-corrected chi connectivity index (χ0v) is 13.0. The highest BCUT2D eigenvalue weighted by Crippen LogP contribution is 2.18. The van der Waals surface area contributed by atoms with Crippen LogP contribution in [-0.4, -0.2) is 17.7 Å². The lowest BCUT2D eigenvalue weighted by Gasteiger charge is -2.14. The van der Waals surface area contributed by atoms with E-state index in [1.165, 1.54) is 25.7 Å². The van der Waals surface area contributed by atoms with Crippen molar-refractivity contribution in [3.05, 3.63) is 35.9 Å². The minimum absolute atomic E-state index is 0.743. The summed E-state index contributed by atoms with van der Waals surface area (Å²) in [4.78, 5) is 10.4. The molecule has 3 heteroatoms. The number of hydrogen-bond acceptors (Lipinski definition) is 2. The third-order valence-electron chi connectivity index (χ3n) is 3.64. The predicted molar refractivity (Wildman–Crippen MR) is 86.5 cm³/mol. The van der Waals surface area contributed by atoms with Gasteiger partial charge in [-0.3, -0.25) is 0 Å². The summed E-state index contributed by atoms with van der Waals surface area (Å²) in [5, 5.41) is 8.57. The van der Waals surface area contributed by atoms with Crippen molar-refractivity contribution in [3.8, 4) is 5.75 Å². The first-order valence-electron chi connectivity index (χ1n) is 7.79. The molecular weight excluding hydrogens is 264 g/mol. The molecule has 0 saturated heterocycles. The van der Waals surface area contributed by atoms with E-state index in [4.69, 9.17) is 9.84 Å². The van der Waals surface area contributed by atoms with Gasteiger partial charge in [0.25, 0.3) is 0 Å². The van der Waals surface area contributed by atoms with Crippen LogP contribution in [-0.2, 0) is 4.79 Å². The SMILES string of the molecule is CCCCC(CC)CCOc1ccc(C=CC(=O)O)cc1. The third kappa shape index (κ3) is 7.54. The first-order valence-corrected chi connectivity index (χ1v) is 7.79. The van der Waals surface area contributed by atoms with E-state index in [1.807, 2.05) is 24.3 Å². The highest BCUT2D eigenvalue weighted by atomic mass is 16.5. The molecule has 0 heterocycles. The number of ether oxygens (including phenoxy) is 1. The molecule has 0 aliphatic rings. The summed E-state index contributed by atoms with van der Waals surface area (Å²) in [6, 6.07) is 7.50. The quantitative estimate of drug-likeness (QED) is 0.631. The lowest BCUT2D eigenvalue weighted by atomic mass is 9.96. The highest BCUT2D eigenvalue weighted by Gasteiger charge is 2.06. The van der Waals surface area contributed by atoms with Crippen LogP contribution in [0.5, 0.6) is 5.75 Å². The summed E-state index contributed by atoms with van der Waals surface area (Å²) in [6.07, 6.45) is 8.85. The number of carboxylic acid groups (broad SMARTS) is 1. The molecule has 0 radical (unpaired) electrons. The number of carbonyl (C=O) groups is 1. The van der Waals surface area contributed by atoms with Crippen molar-refractivity contribution in [1.82, 2.24) is 0 Å². The lowest BCUT2D eigenvalue weighted by molar-refractivity contribution is -0.131. The van der Waals surface area contributed by atoms with Crippen molar-refractivity contribution in [2.24, 2.45) is 5.92 Å². The Labute approximate surface area is 127 Å². The van der Waals surface area contributed by atoms with Crippen LogP contribution in [0.15, 0.2) is 30.3 Å². The van der Waals surface area contributed by atoms with E-state index in [9.17, 15) is 4.79 Å². The molecule has 1 aromatic rings. The van der Waals surface area contributed by atoms with Crippen LogP contribution in [0.25, 0.3) is 6.08 Å². The summed E-state index contributed by atoms with van der Waals surface area (Å²) in [5.41, 5.74) is 0.860. The van der Waals surface area contributed by atoms with Crippen molar-refractivity contribution in [2.75, 3.05) is 6.61 Å². The Balaban J connectivity index is 2.36. The molecule has 21 heavy (non-hydrogen) atoms. The van der Waals surface area contributed by atoms with E-state index >= 15 is 0 Å². The maximum absolute atomic E-state index is 10.4. The van der Waals surface area contributed by atoms with E-state index in [-0.39, 0.29) is 0 Å². The van der Waals surface area contributed by atoms with Gasteiger partial charge in [0, 0.05) is 6.08 Å².